The highest BCUT2D eigenvalue weighted by atomic mass is 16.5. The third-order valence-electron chi connectivity index (χ3n) is 4.59. The molecule has 3 heterocycles. The van der Waals surface area contributed by atoms with Crippen LogP contribution in [0.15, 0.2) is 65.6 Å². The average Bonchev–Trinajstić information content (AvgIpc) is 3.28. The number of pyridine rings is 1. The smallest absolute Gasteiger partial charge is 0.151 e. The molecule has 0 spiro atoms. The molecule has 5 heteroatoms. The highest BCUT2D eigenvalue weighted by Crippen LogP contribution is 2.21. The molecular formula is C21H22N4O. The Kier molecular flexibility index (Phi) is 4.54. The predicted octanol–water partition coefficient (Wildman–Crippen LogP) is 4.34. The van der Waals surface area contributed by atoms with Crippen molar-refractivity contribution in [3.63, 3.8) is 0 Å². The first-order valence-corrected chi connectivity index (χ1v) is 8.85. The van der Waals surface area contributed by atoms with Crippen LogP contribution >= 0.6 is 0 Å². The van der Waals surface area contributed by atoms with Gasteiger partial charge in [0, 0.05) is 48.8 Å². The largest absolute Gasteiger partial charge is 0.359 e. The van der Waals surface area contributed by atoms with E-state index in [1.165, 1.54) is 16.5 Å². The molecule has 4 aromatic rings. The van der Waals surface area contributed by atoms with E-state index in [1.807, 2.05) is 18.2 Å². The number of nitrogens with zero attached hydrogens (tertiary/aromatic N) is 4. The second-order valence-corrected chi connectivity index (χ2v) is 6.58. The molecule has 0 fully saturated rings. The first-order valence-electron chi connectivity index (χ1n) is 8.85. The third kappa shape index (κ3) is 3.39. The van der Waals surface area contributed by atoms with Crippen LogP contribution in [0.4, 0.5) is 0 Å². The van der Waals surface area contributed by atoms with Crippen LogP contribution < -0.4 is 0 Å². The van der Waals surface area contributed by atoms with Crippen molar-refractivity contribution in [3.05, 3.63) is 72.4 Å². The van der Waals surface area contributed by atoms with Gasteiger partial charge in [0.25, 0.3) is 0 Å². The standard InChI is InChI=1S/C21H22N4O/c1-3-25-11-8-18-12-16(4-5-21(18)25)14-24(2)15-19-13-20(23-26-19)17-6-9-22-10-7-17/h4-13H,3,14-15H2,1-2H3. The van der Waals surface area contributed by atoms with Gasteiger partial charge >= 0.3 is 0 Å². The topological polar surface area (TPSA) is 47.1 Å². The number of rotatable bonds is 6. The maximum atomic E-state index is 5.50. The van der Waals surface area contributed by atoms with Crippen LogP contribution in [-0.4, -0.2) is 26.7 Å². The lowest BCUT2D eigenvalue weighted by Gasteiger charge is -2.15. The molecule has 1 aromatic carbocycles. The molecule has 0 radical (unpaired) electrons. The van der Waals surface area contributed by atoms with Gasteiger partial charge in [-0.1, -0.05) is 11.2 Å². The van der Waals surface area contributed by atoms with Crippen LogP contribution in [0.2, 0.25) is 0 Å². The monoisotopic (exact) mass is 346 g/mol. The van der Waals surface area contributed by atoms with Crippen molar-refractivity contribution in [2.24, 2.45) is 0 Å². The molecule has 0 atom stereocenters. The van der Waals surface area contributed by atoms with Gasteiger partial charge in [0.2, 0.25) is 0 Å². The fourth-order valence-electron chi connectivity index (χ4n) is 3.30. The van der Waals surface area contributed by atoms with Crippen LogP contribution in [0.3, 0.4) is 0 Å². The molecular weight excluding hydrogens is 324 g/mol. The summed E-state index contributed by atoms with van der Waals surface area (Å²) in [5.74, 6) is 0.859. The third-order valence-corrected chi connectivity index (χ3v) is 4.59. The van der Waals surface area contributed by atoms with Crippen LogP contribution in [0, 0.1) is 0 Å². The van der Waals surface area contributed by atoms with Gasteiger partial charge in [0.1, 0.15) is 5.69 Å². The van der Waals surface area contributed by atoms with E-state index in [2.05, 4.69) is 64.0 Å². The van der Waals surface area contributed by atoms with Gasteiger partial charge < -0.3 is 9.09 Å². The molecule has 0 saturated heterocycles. The number of hydrogen-bond donors (Lipinski definition) is 0. The Balaban J connectivity index is 1.44. The minimum atomic E-state index is 0.714. The van der Waals surface area contributed by atoms with Crippen molar-refractivity contribution < 1.29 is 4.52 Å². The lowest BCUT2D eigenvalue weighted by molar-refractivity contribution is 0.267. The minimum absolute atomic E-state index is 0.714. The van der Waals surface area contributed by atoms with Crippen molar-refractivity contribution in [2.75, 3.05) is 7.05 Å². The summed E-state index contributed by atoms with van der Waals surface area (Å²) in [7, 11) is 2.09. The Morgan fingerprint density at radius 1 is 1.04 bits per heavy atom. The quantitative estimate of drug-likeness (QED) is 0.521. The zero-order valence-corrected chi connectivity index (χ0v) is 15.1. The van der Waals surface area contributed by atoms with Crippen LogP contribution in [0.25, 0.3) is 22.2 Å². The highest BCUT2D eigenvalue weighted by Gasteiger charge is 2.10. The highest BCUT2D eigenvalue weighted by molar-refractivity contribution is 5.80. The van der Waals surface area contributed by atoms with E-state index in [0.29, 0.717) is 6.54 Å². The summed E-state index contributed by atoms with van der Waals surface area (Å²) in [6.45, 7) is 4.73. The van der Waals surface area contributed by atoms with E-state index in [4.69, 9.17) is 4.52 Å². The second kappa shape index (κ2) is 7.14. The van der Waals surface area contributed by atoms with Crippen LogP contribution in [0.1, 0.15) is 18.2 Å². The van der Waals surface area contributed by atoms with Gasteiger partial charge in [-0.15, -0.1) is 0 Å². The lowest BCUT2D eigenvalue weighted by Crippen LogP contribution is -2.16. The van der Waals surface area contributed by atoms with E-state index in [1.54, 1.807) is 12.4 Å². The number of aromatic nitrogens is 3. The van der Waals surface area contributed by atoms with Crippen molar-refractivity contribution >= 4 is 10.9 Å². The van der Waals surface area contributed by atoms with Gasteiger partial charge in [0.15, 0.2) is 5.76 Å². The van der Waals surface area contributed by atoms with Gasteiger partial charge in [-0.25, -0.2) is 0 Å². The van der Waals surface area contributed by atoms with Crippen molar-refractivity contribution in [1.29, 1.82) is 0 Å². The van der Waals surface area contributed by atoms with E-state index >= 15 is 0 Å². The Labute approximate surface area is 152 Å². The van der Waals surface area contributed by atoms with Crippen molar-refractivity contribution in [3.8, 4) is 11.3 Å². The van der Waals surface area contributed by atoms with Gasteiger partial charge in [0.05, 0.1) is 6.54 Å². The van der Waals surface area contributed by atoms with E-state index in [9.17, 15) is 0 Å². The van der Waals surface area contributed by atoms with Crippen molar-refractivity contribution in [2.45, 2.75) is 26.6 Å². The summed E-state index contributed by atoms with van der Waals surface area (Å²) >= 11 is 0. The molecule has 132 valence electrons. The van der Waals surface area contributed by atoms with Crippen LogP contribution in [-0.2, 0) is 19.6 Å². The number of fused-ring (bicyclic) bond motifs is 1. The van der Waals surface area contributed by atoms with Gasteiger partial charge in [-0.3, -0.25) is 9.88 Å². The summed E-state index contributed by atoms with van der Waals surface area (Å²) in [6.07, 6.45) is 5.67. The molecule has 0 amide bonds. The molecule has 4 rings (SSSR count). The molecule has 0 saturated carbocycles. The second-order valence-electron chi connectivity index (χ2n) is 6.58. The maximum absolute atomic E-state index is 5.50. The average molecular weight is 346 g/mol. The van der Waals surface area contributed by atoms with Gasteiger partial charge in [-0.05, 0) is 55.3 Å². The Morgan fingerprint density at radius 3 is 2.69 bits per heavy atom. The van der Waals surface area contributed by atoms with E-state index < -0.39 is 0 Å². The lowest BCUT2D eigenvalue weighted by atomic mass is 10.1. The Hall–Kier alpha value is -2.92. The molecule has 0 unspecified atom stereocenters. The molecule has 0 bridgehead atoms. The summed E-state index contributed by atoms with van der Waals surface area (Å²) in [5.41, 5.74) is 4.44. The summed E-state index contributed by atoms with van der Waals surface area (Å²) in [5, 5.41) is 5.46. The molecule has 0 aliphatic carbocycles. The fourth-order valence-corrected chi connectivity index (χ4v) is 3.30. The molecule has 0 aliphatic rings. The number of benzene rings is 1. The molecule has 3 aromatic heterocycles. The number of aryl methyl sites for hydroxylation is 1. The molecule has 0 N–H and O–H groups in total. The Morgan fingerprint density at radius 2 is 1.88 bits per heavy atom. The van der Waals surface area contributed by atoms with Crippen LogP contribution in [0.5, 0.6) is 0 Å². The normalized spacial score (nSPS) is 11.5. The van der Waals surface area contributed by atoms with Gasteiger partial charge in [-0.2, -0.15) is 0 Å². The zero-order chi connectivity index (χ0) is 17.9. The first-order chi connectivity index (χ1) is 12.7. The van der Waals surface area contributed by atoms with Crippen molar-refractivity contribution in [1.82, 2.24) is 19.6 Å². The fraction of sp³-hybridized carbons (Fsp3) is 0.238. The van der Waals surface area contributed by atoms with E-state index in [0.717, 1.165) is 30.1 Å². The molecule has 26 heavy (non-hydrogen) atoms. The van der Waals surface area contributed by atoms with E-state index in [-0.39, 0.29) is 0 Å². The first kappa shape index (κ1) is 16.5. The molecule has 0 aliphatic heterocycles. The SMILES string of the molecule is CCn1ccc2cc(CN(C)Cc3cc(-c4ccncc4)no3)ccc21. The maximum Gasteiger partial charge on any atom is 0.151 e. The molecule has 5 nitrogen and oxygen atoms in total. The Bertz CT molecular complexity index is 1000. The summed E-state index contributed by atoms with van der Waals surface area (Å²) in [6, 6.07) is 14.7. The number of hydrogen-bond acceptors (Lipinski definition) is 4. The zero-order valence-electron chi connectivity index (χ0n) is 15.1. The minimum Gasteiger partial charge on any atom is -0.359 e. The summed E-state index contributed by atoms with van der Waals surface area (Å²) in [4.78, 5) is 6.26. The predicted molar refractivity (Wildman–Crippen MR) is 103 cm³/mol. The summed E-state index contributed by atoms with van der Waals surface area (Å²) < 4.78 is 7.76.